The Bertz CT molecular complexity index is 551. The summed E-state index contributed by atoms with van der Waals surface area (Å²) in [5.41, 5.74) is 1.35. The molecule has 0 bridgehead atoms. The van der Waals surface area contributed by atoms with Crippen molar-refractivity contribution in [3.05, 3.63) is 54.2 Å². The van der Waals surface area contributed by atoms with Gasteiger partial charge in [0.05, 0.1) is 13.2 Å². The van der Waals surface area contributed by atoms with Crippen LogP contribution in [0.1, 0.15) is 12.0 Å². The number of nitrogens with zero attached hydrogens (tertiary/aromatic N) is 2. The van der Waals surface area contributed by atoms with Gasteiger partial charge in [0.2, 0.25) is 5.88 Å². The monoisotopic (exact) mass is 298 g/mol. The standard InChI is InChI=1S/C18H22N2O2/c1-2-10-19-18(5-1)22-17-8-6-16(7-9-17)4-3-11-20-12-14-21-15-13-20/h1-2,5-10H,3-4,11-15H2. The number of aromatic nitrogens is 1. The first-order valence-corrected chi connectivity index (χ1v) is 7.88. The Labute approximate surface area is 131 Å². The first kappa shape index (κ1) is 15.0. The maximum Gasteiger partial charge on any atom is 0.219 e. The third-order valence-corrected chi connectivity index (χ3v) is 3.83. The molecule has 0 spiro atoms. The molecule has 1 aliphatic rings. The molecule has 3 rings (SSSR count). The summed E-state index contributed by atoms with van der Waals surface area (Å²) in [6, 6.07) is 14.0. The zero-order chi connectivity index (χ0) is 15.0. The van der Waals surface area contributed by atoms with Crippen LogP contribution in [-0.4, -0.2) is 42.7 Å². The number of hydrogen-bond donors (Lipinski definition) is 0. The van der Waals surface area contributed by atoms with Gasteiger partial charge in [0.25, 0.3) is 0 Å². The van der Waals surface area contributed by atoms with Crippen LogP contribution in [0.25, 0.3) is 0 Å². The zero-order valence-electron chi connectivity index (χ0n) is 12.8. The second-order valence-electron chi connectivity index (χ2n) is 5.47. The fraction of sp³-hybridized carbons (Fsp3) is 0.389. The van der Waals surface area contributed by atoms with E-state index in [-0.39, 0.29) is 0 Å². The van der Waals surface area contributed by atoms with E-state index in [2.05, 4.69) is 22.0 Å². The van der Waals surface area contributed by atoms with Gasteiger partial charge in [-0.3, -0.25) is 4.90 Å². The molecule has 2 heterocycles. The number of pyridine rings is 1. The molecule has 0 unspecified atom stereocenters. The molecule has 0 N–H and O–H groups in total. The van der Waals surface area contributed by atoms with Crippen molar-refractivity contribution in [2.24, 2.45) is 0 Å². The molecule has 4 heteroatoms. The lowest BCUT2D eigenvalue weighted by atomic mass is 10.1. The fourth-order valence-electron chi connectivity index (χ4n) is 2.58. The highest BCUT2D eigenvalue weighted by Crippen LogP contribution is 2.19. The Morgan fingerprint density at radius 3 is 2.59 bits per heavy atom. The number of ether oxygens (including phenoxy) is 2. The van der Waals surface area contributed by atoms with Gasteiger partial charge >= 0.3 is 0 Å². The van der Waals surface area contributed by atoms with Crippen LogP contribution in [0.4, 0.5) is 0 Å². The van der Waals surface area contributed by atoms with Crippen molar-refractivity contribution in [2.45, 2.75) is 12.8 Å². The van der Waals surface area contributed by atoms with Gasteiger partial charge in [-0.05, 0) is 43.1 Å². The quantitative estimate of drug-likeness (QED) is 0.820. The van der Waals surface area contributed by atoms with Crippen molar-refractivity contribution in [3.8, 4) is 11.6 Å². The van der Waals surface area contributed by atoms with Crippen LogP contribution in [0.2, 0.25) is 0 Å². The topological polar surface area (TPSA) is 34.6 Å². The Balaban J connectivity index is 1.45. The van der Waals surface area contributed by atoms with Crippen molar-refractivity contribution in [1.29, 1.82) is 0 Å². The molecule has 0 saturated carbocycles. The van der Waals surface area contributed by atoms with Gasteiger partial charge < -0.3 is 9.47 Å². The van der Waals surface area contributed by atoms with Gasteiger partial charge in [-0.1, -0.05) is 18.2 Å². The SMILES string of the molecule is c1ccc(Oc2ccc(CCCN3CCOCC3)cc2)nc1. The predicted octanol–water partition coefficient (Wildman–Crippen LogP) is 3.14. The van der Waals surface area contributed by atoms with Gasteiger partial charge in [0, 0.05) is 25.4 Å². The molecular formula is C18H22N2O2. The van der Waals surface area contributed by atoms with E-state index >= 15 is 0 Å². The lowest BCUT2D eigenvalue weighted by molar-refractivity contribution is 0.0374. The number of hydrogen-bond acceptors (Lipinski definition) is 4. The number of benzene rings is 1. The van der Waals surface area contributed by atoms with E-state index in [1.54, 1.807) is 6.20 Å². The van der Waals surface area contributed by atoms with E-state index in [4.69, 9.17) is 9.47 Å². The first-order chi connectivity index (χ1) is 10.9. The van der Waals surface area contributed by atoms with Crippen molar-refractivity contribution in [3.63, 3.8) is 0 Å². The summed E-state index contributed by atoms with van der Waals surface area (Å²) >= 11 is 0. The molecule has 0 radical (unpaired) electrons. The van der Waals surface area contributed by atoms with Crippen LogP contribution < -0.4 is 4.74 Å². The zero-order valence-corrected chi connectivity index (χ0v) is 12.8. The van der Waals surface area contributed by atoms with E-state index in [0.717, 1.165) is 45.0 Å². The Hall–Kier alpha value is -1.91. The molecule has 0 amide bonds. The largest absolute Gasteiger partial charge is 0.439 e. The molecule has 0 aliphatic carbocycles. The third kappa shape index (κ3) is 4.55. The molecular weight excluding hydrogens is 276 g/mol. The van der Waals surface area contributed by atoms with E-state index < -0.39 is 0 Å². The second kappa shape index (κ2) is 7.92. The predicted molar refractivity (Wildman–Crippen MR) is 86.3 cm³/mol. The van der Waals surface area contributed by atoms with Crippen molar-refractivity contribution >= 4 is 0 Å². The normalized spacial score (nSPS) is 15.6. The summed E-state index contributed by atoms with van der Waals surface area (Å²) in [6.45, 7) is 5.03. The molecule has 116 valence electrons. The minimum Gasteiger partial charge on any atom is -0.439 e. The van der Waals surface area contributed by atoms with Gasteiger partial charge in [-0.25, -0.2) is 4.98 Å². The second-order valence-corrected chi connectivity index (χ2v) is 5.47. The maximum atomic E-state index is 5.70. The summed E-state index contributed by atoms with van der Waals surface area (Å²) in [6.07, 6.45) is 4.01. The van der Waals surface area contributed by atoms with E-state index in [1.807, 2.05) is 30.3 Å². The highest BCUT2D eigenvalue weighted by molar-refractivity contribution is 5.30. The molecule has 1 aromatic carbocycles. The number of rotatable bonds is 6. The summed E-state index contributed by atoms with van der Waals surface area (Å²) in [7, 11) is 0. The smallest absolute Gasteiger partial charge is 0.219 e. The molecule has 1 aromatic heterocycles. The first-order valence-electron chi connectivity index (χ1n) is 7.88. The van der Waals surface area contributed by atoms with Crippen LogP contribution in [0.3, 0.4) is 0 Å². The Morgan fingerprint density at radius 2 is 1.86 bits per heavy atom. The molecule has 0 atom stereocenters. The summed E-state index contributed by atoms with van der Waals surface area (Å²) in [5.74, 6) is 1.46. The van der Waals surface area contributed by atoms with Crippen LogP contribution >= 0.6 is 0 Å². The fourth-order valence-corrected chi connectivity index (χ4v) is 2.58. The summed E-state index contributed by atoms with van der Waals surface area (Å²) in [5, 5.41) is 0. The van der Waals surface area contributed by atoms with Crippen molar-refractivity contribution < 1.29 is 9.47 Å². The molecule has 22 heavy (non-hydrogen) atoms. The van der Waals surface area contributed by atoms with Crippen LogP contribution in [0, 0.1) is 0 Å². The molecule has 4 nitrogen and oxygen atoms in total. The maximum absolute atomic E-state index is 5.70. The third-order valence-electron chi connectivity index (χ3n) is 3.83. The lowest BCUT2D eigenvalue weighted by Crippen LogP contribution is -2.36. The average molecular weight is 298 g/mol. The van der Waals surface area contributed by atoms with Gasteiger partial charge in [0.1, 0.15) is 5.75 Å². The molecule has 2 aromatic rings. The minimum absolute atomic E-state index is 0.627. The molecule has 1 saturated heterocycles. The summed E-state index contributed by atoms with van der Waals surface area (Å²) < 4.78 is 11.1. The van der Waals surface area contributed by atoms with E-state index in [0.29, 0.717) is 5.88 Å². The van der Waals surface area contributed by atoms with Crippen LogP contribution in [0.5, 0.6) is 11.6 Å². The van der Waals surface area contributed by atoms with Gasteiger partial charge in [0.15, 0.2) is 0 Å². The highest BCUT2D eigenvalue weighted by atomic mass is 16.5. The minimum atomic E-state index is 0.627. The number of morpholine rings is 1. The highest BCUT2D eigenvalue weighted by Gasteiger charge is 2.09. The number of aryl methyl sites for hydroxylation is 1. The van der Waals surface area contributed by atoms with Crippen molar-refractivity contribution in [2.75, 3.05) is 32.8 Å². The van der Waals surface area contributed by atoms with E-state index in [1.165, 1.54) is 12.0 Å². The average Bonchev–Trinajstić information content (AvgIpc) is 2.58. The molecule has 1 aliphatic heterocycles. The van der Waals surface area contributed by atoms with Gasteiger partial charge in [-0.2, -0.15) is 0 Å². The summed E-state index contributed by atoms with van der Waals surface area (Å²) in [4.78, 5) is 6.63. The van der Waals surface area contributed by atoms with Crippen LogP contribution in [0.15, 0.2) is 48.7 Å². The van der Waals surface area contributed by atoms with Crippen molar-refractivity contribution in [1.82, 2.24) is 9.88 Å². The van der Waals surface area contributed by atoms with Gasteiger partial charge in [-0.15, -0.1) is 0 Å². The Morgan fingerprint density at radius 1 is 1.05 bits per heavy atom. The molecule has 1 fully saturated rings. The lowest BCUT2D eigenvalue weighted by Gasteiger charge is -2.26. The Kier molecular flexibility index (Phi) is 5.40. The van der Waals surface area contributed by atoms with Crippen LogP contribution in [-0.2, 0) is 11.2 Å². The van der Waals surface area contributed by atoms with E-state index in [9.17, 15) is 0 Å².